The minimum atomic E-state index is -4.30. The third kappa shape index (κ3) is 11.1. The first-order chi connectivity index (χ1) is 9.93. The highest BCUT2D eigenvalue weighted by Gasteiger charge is 2.29. The summed E-state index contributed by atoms with van der Waals surface area (Å²) in [5.74, 6) is 0. The molecule has 3 N–H and O–H groups in total. The number of aliphatic hydroxyl groups excluding tert-OH is 2. The van der Waals surface area contributed by atoms with Crippen molar-refractivity contribution in [3.05, 3.63) is 0 Å². The Morgan fingerprint density at radius 3 is 1.67 bits per heavy atom. The van der Waals surface area contributed by atoms with E-state index in [9.17, 15) is 13.5 Å². The van der Waals surface area contributed by atoms with E-state index in [-0.39, 0.29) is 6.42 Å². The number of unbranched alkanes of at least 4 members (excludes halogenated alkanes) is 9. The average molecular weight is 324 g/mol. The van der Waals surface area contributed by atoms with Gasteiger partial charge < -0.3 is 10.2 Å². The molecular formula is C15H32O5S. The second-order valence-electron chi connectivity index (χ2n) is 5.77. The van der Waals surface area contributed by atoms with Gasteiger partial charge in [-0.2, -0.15) is 8.42 Å². The predicted molar refractivity (Wildman–Crippen MR) is 84.9 cm³/mol. The molecule has 0 saturated heterocycles. The Morgan fingerprint density at radius 1 is 0.857 bits per heavy atom. The lowest BCUT2D eigenvalue weighted by molar-refractivity contribution is 0.0863. The standard InChI is InChI=1S/C15H32O5S/c1-2-3-4-5-6-7-8-9-10-11-12-15(14(17)13-16)21(18,19)20/h14-17H,2-13H2,1H3,(H,18,19,20). The van der Waals surface area contributed by atoms with Crippen LogP contribution in [-0.4, -0.2) is 41.1 Å². The fourth-order valence-electron chi connectivity index (χ4n) is 2.49. The molecule has 0 aliphatic carbocycles. The van der Waals surface area contributed by atoms with Gasteiger partial charge in [-0.3, -0.25) is 4.55 Å². The van der Waals surface area contributed by atoms with E-state index in [1.165, 1.54) is 38.5 Å². The van der Waals surface area contributed by atoms with Crippen molar-refractivity contribution in [1.29, 1.82) is 0 Å². The smallest absolute Gasteiger partial charge is 0.270 e. The zero-order chi connectivity index (χ0) is 16.1. The molecule has 0 amide bonds. The number of aliphatic hydroxyl groups is 2. The van der Waals surface area contributed by atoms with E-state index >= 15 is 0 Å². The molecule has 0 aromatic heterocycles. The lowest BCUT2D eigenvalue weighted by atomic mass is 10.0. The molecule has 2 unspecified atom stereocenters. The van der Waals surface area contributed by atoms with Gasteiger partial charge in [-0.1, -0.05) is 71.1 Å². The Labute approximate surface area is 129 Å². The minimum Gasteiger partial charge on any atom is -0.394 e. The van der Waals surface area contributed by atoms with Crippen molar-refractivity contribution in [3.63, 3.8) is 0 Å². The van der Waals surface area contributed by atoms with Crippen LogP contribution in [0, 0.1) is 0 Å². The van der Waals surface area contributed by atoms with Crippen molar-refractivity contribution in [2.45, 2.75) is 88.9 Å². The maximum atomic E-state index is 11.1. The van der Waals surface area contributed by atoms with Gasteiger partial charge in [0.25, 0.3) is 10.1 Å². The molecule has 0 aromatic rings. The number of rotatable bonds is 14. The summed E-state index contributed by atoms with van der Waals surface area (Å²) in [6.07, 6.45) is 10.1. The lowest BCUT2D eigenvalue weighted by Gasteiger charge is -2.18. The zero-order valence-corrected chi connectivity index (χ0v) is 14.0. The Bertz CT molecular complexity index is 329. The maximum absolute atomic E-state index is 11.1. The van der Waals surface area contributed by atoms with Crippen LogP contribution in [0.1, 0.15) is 77.6 Å². The lowest BCUT2D eigenvalue weighted by Crippen LogP contribution is -2.36. The molecule has 21 heavy (non-hydrogen) atoms. The molecule has 0 spiro atoms. The topological polar surface area (TPSA) is 94.8 Å². The quantitative estimate of drug-likeness (QED) is 0.337. The SMILES string of the molecule is CCCCCCCCCCCCC(C(O)CO)S(=O)(=O)O. The van der Waals surface area contributed by atoms with Gasteiger partial charge in [-0.25, -0.2) is 0 Å². The van der Waals surface area contributed by atoms with E-state index in [2.05, 4.69) is 6.92 Å². The molecular weight excluding hydrogens is 292 g/mol. The van der Waals surface area contributed by atoms with Crippen molar-refractivity contribution in [2.24, 2.45) is 0 Å². The first kappa shape index (κ1) is 20.8. The summed E-state index contributed by atoms with van der Waals surface area (Å²) in [6.45, 7) is 1.55. The van der Waals surface area contributed by atoms with E-state index in [1.807, 2.05) is 0 Å². The van der Waals surface area contributed by atoms with Crippen LogP contribution >= 0.6 is 0 Å². The Balaban J connectivity index is 3.64. The van der Waals surface area contributed by atoms with E-state index in [0.717, 1.165) is 19.3 Å². The average Bonchev–Trinajstić information content (AvgIpc) is 2.42. The van der Waals surface area contributed by atoms with Crippen molar-refractivity contribution in [2.75, 3.05) is 6.61 Å². The van der Waals surface area contributed by atoms with Crippen LogP contribution in [0.5, 0.6) is 0 Å². The summed E-state index contributed by atoms with van der Waals surface area (Å²) in [4.78, 5) is 0. The van der Waals surface area contributed by atoms with Crippen LogP contribution in [0.4, 0.5) is 0 Å². The van der Waals surface area contributed by atoms with Crippen molar-refractivity contribution in [1.82, 2.24) is 0 Å². The molecule has 0 radical (unpaired) electrons. The summed E-state index contributed by atoms with van der Waals surface area (Å²) >= 11 is 0. The number of hydrogen-bond acceptors (Lipinski definition) is 4. The molecule has 0 bridgehead atoms. The van der Waals surface area contributed by atoms with Crippen LogP contribution in [0.25, 0.3) is 0 Å². The predicted octanol–water partition coefficient (Wildman–Crippen LogP) is 2.91. The van der Waals surface area contributed by atoms with Crippen LogP contribution in [0.2, 0.25) is 0 Å². The molecule has 0 saturated carbocycles. The first-order valence-electron chi connectivity index (χ1n) is 8.18. The summed E-state index contributed by atoms with van der Waals surface area (Å²) in [6, 6.07) is 0. The molecule has 0 aromatic carbocycles. The monoisotopic (exact) mass is 324 g/mol. The third-order valence-electron chi connectivity index (χ3n) is 3.84. The van der Waals surface area contributed by atoms with Crippen LogP contribution in [-0.2, 0) is 10.1 Å². The van der Waals surface area contributed by atoms with Gasteiger partial charge in [0.15, 0.2) is 0 Å². The maximum Gasteiger partial charge on any atom is 0.270 e. The van der Waals surface area contributed by atoms with Gasteiger partial charge in [0, 0.05) is 0 Å². The fraction of sp³-hybridized carbons (Fsp3) is 1.00. The van der Waals surface area contributed by atoms with Gasteiger partial charge in [0.05, 0.1) is 12.7 Å². The van der Waals surface area contributed by atoms with Crippen LogP contribution in [0.15, 0.2) is 0 Å². The Hall–Kier alpha value is -0.170. The summed E-state index contributed by atoms with van der Waals surface area (Å²) in [5, 5.41) is 16.9. The van der Waals surface area contributed by atoms with Crippen molar-refractivity contribution in [3.8, 4) is 0 Å². The van der Waals surface area contributed by atoms with E-state index < -0.39 is 28.1 Å². The van der Waals surface area contributed by atoms with Crippen LogP contribution in [0.3, 0.4) is 0 Å². The Morgan fingerprint density at radius 2 is 1.29 bits per heavy atom. The molecule has 0 fully saturated rings. The molecule has 0 aliphatic heterocycles. The minimum absolute atomic E-state index is 0.192. The Kier molecular flexibility index (Phi) is 12.3. The summed E-state index contributed by atoms with van der Waals surface area (Å²) < 4.78 is 31.2. The summed E-state index contributed by atoms with van der Waals surface area (Å²) in [7, 11) is -4.30. The largest absolute Gasteiger partial charge is 0.394 e. The third-order valence-corrected chi connectivity index (χ3v) is 5.16. The highest BCUT2D eigenvalue weighted by Crippen LogP contribution is 2.16. The van der Waals surface area contributed by atoms with E-state index in [0.29, 0.717) is 6.42 Å². The van der Waals surface area contributed by atoms with Gasteiger partial charge in [0.1, 0.15) is 5.25 Å². The second-order valence-corrected chi connectivity index (χ2v) is 7.41. The summed E-state index contributed by atoms with van der Waals surface area (Å²) in [5.41, 5.74) is 0. The van der Waals surface area contributed by atoms with Gasteiger partial charge in [-0.05, 0) is 6.42 Å². The van der Waals surface area contributed by atoms with Crippen LogP contribution < -0.4 is 0 Å². The highest BCUT2D eigenvalue weighted by molar-refractivity contribution is 7.86. The van der Waals surface area contributed by atoms with Gasteiger partial charge in [0.2, 0.25) is 0 Å². The molecule has 0 heterocycles. The molecule has 0 aliphatic rings. The first-order valence-corrected chi connectivity index (χ1v) is 9.69. The number of hydrogen-bond donors (Lipinski definition) is 3. The second kappa shape index (κ2) is 12.4. The van der Waals surface area contributed by atoms with E-state index in [1.54, 1.807) is 0 Å². The molecule has 0 rings (SSSR count). The molecule has 6 heteroatoms. The fourth-order valence-corrected chi connectivity index (χ4v) is 3.44. The zero-order valence-electron chi connectivity index (χ0n) is 13.2. The highest BCUT2D eigenvalue weighted by atomic mass is 32.2. The molecule has 5 nitrogen and oxygen atoms in total. The van der Waals surface area contributed by atoms with Crippen molar-refractivity contribution < 1.29 is 23.2 Å². The van der Waals surface area contributed by atoms with E-state index in [4.69, 9.17) is 9.66 Å². The normalized spacial score (nSPS) is 15.0. The van der Waals surface area contributed by atoms with Gasteiger partial charge >= 0.3 is 0 Å². The van der Waals surface area contributed by atoms with Gasteiger partial charge in [-0.15, -0.1) is 0 Å². The van der Waals surface area contributed by atoms with Crippen molar-refractivity contribution >= 4 is 10.1 Å². The molecule has 128 valence electrons. The molecule has 2 atom stereocenters.